The van der Waals surface area contributed by atoms with Crippen LogP contribution in [0.4, 0.5) is 5.69 Å². The topological polar surface area (TPSA) is 61.6 Å². The maximum Gasteiger partial charge on any atom is 0.194 e. The molecule has 0 saturated carbocycles. The zero-order valence-corrected chi connectivity index (χ0v) is 19.7. The number of nitrogens with zero attached hydrogens (tertiary/aromatic N) is 6. The van der Waals surface area contributed by atoms with Crippen LogP contribution in [0, 0.1) is 6.92 Å². The van der Waals surface area contributed by atoms with E-state index in [1.54, 1.807) is 6.20 Å². The van der Waals surface area contributed by atoms with Crippen LogP contribution in [0.2, 0.25) is 0 Å². The number of aliphatic imine (C=N–C) groups is 1. The van der Waals surface area contributed by atoms with Crippen molar-refractivity contribution in [3.8, 4) is 5.82 Å². The molecule has 0 bridgehead atoms. The molecule has 3 aromatic rings. The van der Waals surface area contributed by atoms with Gasteiger partial charge in [-0.3, -0.25) is 9.56 Å². The Balaban J connectivity index is 0.00000256. The third kappa shape index (κ3) is 5.10. The van der Waals surface area contributed by atoms with Crippen molar-refractivity contribution in [2.45, 2.75) is 13.5 Å². The smallest absolute Gasteiger partial charge is 0.194 e. The van der Waals surface area contributed by atoms with Gasteiger partial charge >= 0.3 is 0 Å². The second-order valence-electron chi connectivity index (χ2n) is 7.08. The van der Waals surface area contributed by atoms with E-state index in [-0.39, 0.29) is 24.0 Å². The van der Waals surface area contributed by atoms with E-state index in [2.05, 4.69) is 66.5 Å². The number of nitrogens with one attached hydrogen (secondary N) is 1. The van der Waals surface area contributed by atoms with Gasteiger partial charge in [-0.25, -0.2) is 9.97 Å². The Labute approximate surface area is 194 Å². The summed E-state index contributed by atoms with van der Waals surface area (Å²) in [6.45, 7) is 6.55. The third-order valence-electron chi connectivity index (χ3n) is 5.24. The SMILES string of the molecule is CN=C(NCc1ccc(-n2ccnc2C)nc1)N1CCN(c2ccccc2)CC1.I. The molecular formula is C22H28IN7. The number of guanidine groups is 1. The van der Waals surface area contributed by atoms with E-state index < -0.39 is 0 Å². The summed E-state index contributed by atoms with van der Waals surface area (Å²) < 4.78 is 1.97. The third-order valence-corrected chi connectivity index (χ3v) is 5.24. The first-order chi connectivity index (χ1) is 14.2. The molecule has 0 aliphatic carbocycles. The first-order valence-corrected chi connectivity index (χ1v) is 9.95. The highest BCUT2D eigenvalue weighted by Gasteiger charge is 2.19. The van der Waals surface area contributed by atoms with E-state index in [4.69, 9.17) is 0 Å². The molecular weight excluding hydrogens is 489 g/mol. The summed E-state index contributed by atoms with van der Waals surface area (Å²) in [5.74, 6) is 2.75. The molecule has 0 spiro atoms. The maximum absolute atomic E-state index is 4.56. The molecule has 0 amide bonds. The van der Waals surface area contributed by atoms with Crippen molar-refractivity contribution in [1.29, 1.82) is 0 Å². The van der Waals surface area contributed by atoms with Crippen LogP contribution in [0.3, 0.4) is 0 Å². The van der Waals surface area contributed by atoms with Crippen LogP contribution in [0.1, 0.15) is 11.4 Å². The fraction of sp³-hybridized carbons (Fsp3) is 0.318. The van der Waals surface area contributed by atoms with Gasteiger partial charge in [-0.05, 0) is 30.7 Å². The molecule has 3 heterocycles. The molecule has 1 aliphatic rings. The van der Waals surface area contributed by atoms with Crippen LogP contribution in [0.25, 0.3) is 5.82 Å². The number of rotatable bonds is 4. The minimum absolute atomic E-state index is 0. The minimum atomic E-state index is 0. The van der Waals surface area contributed by atoms with Gasteiger partial charge in [0.05, 0.1) is 0 Å². The Kier molecular flexibility index (Phi) is 7.67. The number of halogens is 1. The van der Waals surface area contributed by atoms with Crippen molar-refractivity contribution < 1.29 is 0 Å². The largest absolute Gasteiger partial charge is 0.368 e. The lowest BCUT2D eigenvalue weighted by Gasteiger charge is -2.37. The van der Waals surface area contributed by atoms with Gasteiger partial charge in [0.2, 0.25) is 0 Å². The van der Waals surface area contributed by atoms with Gasteiger partial charge in [0.1, 0.15) is 11.6 Å². The summed E-state index contributed by atoms with van der Waals surface area (Å²) in [4.78, 5) is 18.0. The van der Waals surface area contributed by atoms with Gasteiger partial charge in [0.25, 0.3) is 0 Å². The van der Waals surface area contributed by atoms with Crippen molar-refractivity contribution in [2.24, 2.45) is 4.99 Å². The summed E-state index contributed by atoms with van der Waals surface area (Å²) in [6, 6.07) is 14.7. The molecule has 8 heteroatoms. The summed E-state index contributed by atoms with van der Waals surface area (Å²) >= 11 is 0. The molecule has 1 saturated heterocycles. The maximum atomic E-state index is 4.56. The van der Waals surface area contributed by atoms with Gasteiger partial charge in [-0.2, -0.15) is 0 Å². The second kappa shape index (κ2) is 10.4. The fourth-order valence-electron chi connectivity index (χ4n) is 3.61. The zero-order valence-electron chi connectivity index (χ0n) is 17.4. The van der Waals surface area contributed by atoms with E-state index in [1.807, 2.05) is 37.0 Å². The average molecular weight is 517 g/mol. The van der Waals surface area contributed by atoms with E-state index in [9.17, 15) is 0 Å². The highest BCUT2D eigenvalue weighted by molar-refractivity contribution is 14.0. The molecule has 0 unspecified atom stereocenters. The molecule has 158 valence electrons. The number of benzene rings is 1. The monoisotopic (exact) mass is 517 g/mol. The van der Waals surface area contributed by atoms with Crippen molar-refractivity contribution >= 4 is 35.6 Å². The lowest BCUT2D eigenvalue weighted by atomic mass is 10.2. The number of imidazole rings is 1. The van der Waals surface area contributed by atoms with Crippen LogP contribution in [-0.4, -0.2) is 58.6 Å². The van der Waals surface area contributed by atoms with Gasteiger partial charge < -0.3 is 15.1 Å². The quantitative estimate of drug-likeness (QED) is 0.328. The number of anilines is 1. The Morgan fingerprint density at radius 1 is 1.03 bits per heavy atom. The zero-order chi connectivity index (χ0) is 20.1. The molecule has 0 atom stereocenters. The Hall–Kier alpha value is -2.62. The first kappa shape index (κ1) is 22.1. The number of hydrogen-bond acceptors (Lipinski definition) is 4. The predicted molar refractivity (Wildman–Crippen MR) is 132 cm³/mol. The van der Waals surface area contributed by atoms with Crippen molar-refractivity contribution in [3.63, 3.8) is 0 Å². The molecule has 0 radical (unpaired) electrons. The molecule has 1 N–H and O–H groups in total. The number of pyridine rings is 1. The highest BCUT2D eigenvalue weighted by Crippen LogP contribution is 2.15. The minimum Gasteiger partial charge on any atom is -0.368 e. The summed E-state index contributed by atoms with van der Waals surface area (Å²) in [5, 5.41) is 3.47. The summed E-state index contributed by atoms with van der Waals surface area (Å²) in [7, 11) is 1.84. The van der Waals surface area contributed by atoms with Gasteiger partial charge in [0.15, 0.2) is 5.96 Å². The van der Waals surface area contributed by atoms with E-state index in [0.29, 0.717) is 6.54 Å². The second-order valence-corrected chi connectivity index (χ2v) is 7.08. The van der Waals surface area contributed by atoms with E-state index in [1.165, 1.54) is 5.69 Å². The number of hydrogen-bond donors (Lipinski definition) is 1. The molecule has 1 fully saturated rings. The molecule has 2 aromatic heterocycles. The van der Waals surface area contributed by atoms with Crippen molar-refractivity contribution in [2.75, 3.05) is 38.1 Å². The molecule has 30 heavy (non-hydrogen) atoms. The predicted octanol–water partition coefficient (Wildman–Crippen LogP) is 3.09. The summed E-state index contributed by atoms with van der Waals surface area (Å²) in [5.41, 5.74) is 2.41. The lowest BCUT2D eigenvalue weighted by molar-refractivity contribution is 0.372. The Morgan fingerprint density at radius 2 is 1.80 bits per heavy atom. The Bertz CT molecular complexity index is 945. The first-order valence-electron chi connectivity index (χ1n) is 9.95. The van der Waals surface area contributed by atoms with Crippen LogP contribution in [-0.2, 0) is 6.54 Å². The Morgan fingerprint density at radius 3 is 2.40 bits per heavy atom. The van der Waals surface area contributed by atoms with Crippen molar-refractivity contribution in [1.82, 2.24) is 24.8 Å². The van der Waals surface area contributed by atoms with E-state index >= 15 is 0 Å². The average Bonchev–Trinajstić information content (AvgIpc) is 3.21. The van der Waals surface area contributed by atoms with Gasteiger partial charge in [-0.1, -0.05) is 24.3 Å². The molecule has 7 nitrogen and oxygen atoms in total. The van der Waals surface area contributed by atoms with Crippen molar-refractivity contribution in [3.05, 3.63) is 72.4 Å². The highest BCUT2D eigenvalue weighted by atomic mass is 127. The normalized spacial score (nSPS) is 14.4. The molecule has 1 aromatic carbocycles. The van der Waals surface area contributed by atoms with Crippen LogP contribution < -0.4 is 10.2 Å². The number of aryl methyl sites for hydroxylation is 1. The number of aromatic nitrogens is 3. The number of piperazine rings is 1. The van der Waals surface area contributed by atoms with Gasteiger partial charge in [0, 0.05) is 64.0 Å². The van der Waals surface area contributed by atoms with Crippen LogP contribution in [0.15, 0.2) is 66.0 Å². The van der Waals surface area contributed by atoms with Crippen LogP contribution in [0.5, 0.6) is 0 Å². The van der Waals surface area contributed by atoms with E-state index in [0.717, 1.165) is 49.3 Å². The van der Waals surface area contributed by atoms with Crippen LogP contribution >= 0.6 is 24.0 Å². The fourth-order valence-corrected chi connectivity index (χ4v) is 3.61. The molecule has 4 rings (SSSR count). The summed E-state index contributed by atoms with van der Waals surface area (Å²) in [6.07, 6.45) is 5.61. The van der Waals surface area contributed by atoms with Gasteiger partial charge in [-0.15, -0.1) is 24.0 Å². The lowest BCUT2D eigenvalue weighted by Crippen LogP contribution is -2.52. The standard InChI is InChI=1S/C22H27N7.HI/c1-18-24-10-11-29(18)21-9-8-19(16-25-21)17-26-22(23-2)28-14-12-27(13-15-28)20-6-4-3-5-7-20;/h3-11,16H,12-15,17H2,1-2H3,(H,23,26);1H. The molecule has 1 aliphatic heterocycles. The number of para-hydroxylation sites is 1.